The Labute approximate surface area is 154 Å². The van der Waals surface area contributed by atoms with Crippen LogP contribution in [0.2, 0.25) is 0 Å². The van der Waals surface area contributed by atoms with E-state index in [0.29, 0.717) is 29.4 Å². The Bertz CT molecular complexity index is 732. The molecule has 2 aromatic carbocycles. The maximum absolute atomic E-state index is 11.8. The molecule has 6 nitrogen and oxygen atoms in total. The molecule has 25 heavy (non-hydrogen) atoms. The summed E-state index contributed by atoms with van der Waals surface area (Å²) in [6.07, 6.45) is 1.51. The van der Waals surface area contributed by atoms with E-state index in [2.05, 4.69) is 26.5 Å². The van der Waals surface area contributed by atoms with Crippen LogP contribution >= 0.6 is 15.9 Å². The summed E-state index contributed by atoms with van der Waals surface area (Å²) in [5.74, 6) is 1.58. The lowest BCUT2D eigenvalue weighted by molar-refractivity contribution is -0.123. The zero-order valence-electron chi connectivity index (χ0n) is 14.0. The van der Waals surface area contributed by atoms with Crippen molar-refractivity contribution in [3.63, 3.8) is 0 Å². The number of hydrazone groups is 1. The largest absolute Gasteiger partial charge is 0.497 e. The number of nitrogens with one attached hydrogen (secondary N) is 1. The van der Waals surface area contributed by atoms with Gasteiger partial charge in [-0.2, -0.15) is 5.10 Å². The van der Waals surface area contributed by atoms with Crippen LogP contribution in [0.4, 0.5) is 0 Å². The maximum atomic E-state index is 11.8. The Morgan fingerprint density at radius 2 is 1.88 bits per heavy atom. The van der Waals surface area contributed by atoms with E-state index in [0.717, 1.165) is 4.47 Å². The van der Waals surface area contributed by atoms with Crippen LogP contribution in [0.3, 0.4) is 0 Å². The first-order valence-electron chi connectivity index (χ1n) is 7.63. The third kappa shape index (κ3) is 6.11. The molecule has 0 aromatic heterocycles. The SMILES string of the molecule is CCOc1ccc(OC)cc1/C=N\NC(=O)COc1ccc(Br)cc1. The Morgan fingerprint density at radius 1 is 1.16 bits per heavy atom. The minimum atomic E-state index is -0.361. The van der Waals surface area contributed by atoms with Crippen molar-refractivity contribution in [3.8, 4) is 17.2 Å². The third-order valence-corrected chi connectivity index (χ3v) is 3.62. The fraction of sp³-hybridized carbons (Fsp3) is 0.222. The summed E-state index contributed by atoms with van der Waals surface area (Å²) in [6, 6.07) is 12.6. The summed E-state index contributed by atoms with van der Waals surface area (Å²) in [5.41, 5.74) is 3.12. The van der Waals surface area contributed by atoms with Crippen LogP contribution in [-0.4, -0.2) is 32.4 Å². The molecular weight excluding hydrogens is 388 g/mol. The molecule has 0 aliphatic rings. The third-order valence-electron chi connectivity index (χ3n) is 3.09. The number of methoxy groups -OCH3 is 1. The number of carbonyl (C=O) groups excluding carboxylic acids is 1. The van der Waals surface area contributed by atoms with Gasteiger partial charge in [0, 0.05) is 10.0 Å². The standard InChI is InChI=1S/C18H19BrN2O4/c1-3-24-17-9-8-16(23-2)10-13(17)11-20-21-18(22)12-25-15-6-4-14(19)5-7-15/h4-11H,3,12H2,1-2H3,(H,21,22)/b20-11-. The Balaban J connectivity index is 1.91. The fourth-order valence-electron chi connectivity index (χ4n) is 1.93. The molecule has 1 amide bonds. The highest BCUT2D eigenvalue weighted by atomic mass is 79.9. The zero-order chi connectivity index (χ0) is 18.1. The van der Waals surface area contributed by atoms with Crippen molar-refractivity contribution in [1.29, 1.82) is 0 Å². The van der Waals surface area contributed by atoms with Crippen molar-refractivity contribution in [2.45, 2.75) is 6.92 Å². The lowest BCUT2D eigenvalue weighted by atomic mass is 10.2. The summed E-state index contributed by atoms with van der Waals surface area (Å²) in [5, 5.41) is 3.94. The molecule has 132 valence electrons. The van der Waals surface area contributed by atoms with Crippen molar-refractivity contribution < 1.29 is 19.0 Å². The van der Waals surface area contributed by atoms with E-state index in [1.54, 1.807) is 37.4 Å². The molecular formula is C18H19BrN2O4. The van der Waals surface area contributed by atoms with Gasteiger partial charge in [0.25, 0.3) is 5.91 Å². The summed E-state index contributed by atoms with van der Waals surface area (Å²) in [7, 11) is 1.58. The van der Waals surface area contributed by atoms with Gasteiger partial charge in [0.05, 0.1) is 19.9 Å². The molecule has 0 unspecified atom stereocenters. The number of hydrogen-bond acceptors (Lipinski definition) is 5. The molecule has 0 fully saturated rings. The highest BCUT2D eigenvalue weighted by Crippen LogP contribution is 2.22. The van der Waals surface area contributed by atoms with Gasteiger partial charge in [-0.15, -0.1) is 0 Å². The van der Waals surface area contributed by atoms with Crippen molar-refractivity contribution in [2.24, 2.45) is 5.10 Å². The molecule has 1 N–H and O–H groups in total. The van der Waals surface area contributed by atoms with Gasteiger partial charge in [0.15, 0.2) is 6.61 Å². The van der Waals surface area contributed by atoms with E-state index in [-0.39, 0.29) is 12.5 Å². The summed E-state index contributed by atoms with van der Waals surface area (Å²) in [4.78, 5) is 11.8. The number of rotatable bonds is 8. The molecule has 0 spiro atoms. The number of amides is 1. The van der Waals surface area contributed by atoms with Crippen LogP contribution in [0.1, 0.15) is 12.5 Å². The molecule has 0 bridgehead atoms. The van der Waals surface area contributed by atoms with Crippen molar-refractivity contribution in [1.82, 2.24) is 5.43 Å². The van der Waals surface area contributed by atoms with E-state index in [1.807, 2.05) is 19.1 Å². The van der Waals surface area contributed by atoms with Gasteiger partial charge < -0.3 is 14.2 Å². The van der Waals surface area contributed by atoms with Gasteiger partial charge >= 0.3 is 0 Å². The second kappa shape index (κ2) is 9.68. The van der Waals surface area contributed by atoms with Crippen LogP contribution in [0.5, 0.6) is 17.2 Å². The monoisotopic (exact) mass is 406 g/mol. The number of ether oxygens (including phenoxy) is 3. The molecule has 2 aromatic rings. The van der Waals surface area contributed by atoms with E-state index >= 15 is 0 Å². The van der Waals surface area contributed by atoms with Crippen molar-refractivity contribution in [3.05, 3.63) is 52.5 Å². The van der Waals surface area contributed by atoms with Crippen molar-refractivity contribution in [2.75, 3.05) is 20.3 Å². The average Bonchev–Trinajstić information content (AvgIpc) is 2.62. The normalized spacial score (nSPS) is 10.5. The molecule has 2 rings (SSSR count). The smallest absolute Gasteiger partial charge is 0.277 e. The lowest BCUT2D eigenvalue weighted by Gasteiger charge is -2.09. The Kier molecular flexibility index (Phi) is 7.28. The number of carbonyl (C=O) groups is 1. The Morgan fingerprint density at radius 3 is 2.56 bits per heavy atom. The maximum Gasteiger partial charge on any atom is 0.277 e. The van der Waals surface area contributed by atoms with E-state index in [4.69, 9.17) is 14.2 Å². The van der Waals surface area contributed by atoms with Crippen LogP contribution in [-0.2, 0) is 4.79 Å². The molecule has 0 saturated heterocycles. The van der Waals surface area contributed by atoms with E-state index in [9.17, 15) is 4.79 Å². The van der Waals surface area contributed by atoms with Gasteiger partial charge in [0.1, 0.15) is 17.2 Å². The predicted octanol–water partition coefficient (Wildman–Crippen LogP) is 3.39. The topological polar surface area (TPSA) is 69.2 Å². The second-order valence-electron chi connectivity index (χ2n) is 4.87. The van der Waals surface area contributed by atoms with Gasteiger partial charge in [-0.25, -0.2) is 5.43 Å². The first-order chi connectivity index (χ1) is 12.1. The average molecular weight is 407 g/mol. The van der Waals surface area contributed by atoms with Crippen molar-refractivity contribution >= 4 is 28.1 Å². The predicted molar refractivity (Wildman–Crippen MR) is 99.5 cm³/mol. The van der Waals surface area contributed by atoms with Crippen LogP contribution in [0.15, 0.2) is 52.0 Å². The van der Waals surface area contributed by atoms with Gasteiger partial charge in [-0.05, 0) is 49.4 Å². The number of hydrogen-bond donors (Lipinski definition) is 1. The summed E-state index contributed by atoms with van der Waals surface area (Å²) < 4.78 is 17.0. The Hall–Kier alpha value is -2.54. The summed E-state index contributed by atoms with van der Waals surface area (Å²) in [6.45, 7) is 2.29. The molecule has 0 heterocycles. The van der Waals surface area contributed by atoms with E-state index in [1.165, 1.54) is 6.21 Å². The first-order valence-corrected chi connectivity index (χ1v) is 8.42. The molecule has 0 radical (unpaired) electrons. The molecule has 7 heteroatoms. The number of halogens is 1. The summed E-state index contributed by atoms with van der Waals surface area (Å²) >= 11 is 3.34. The quantitative estimate of drug-likeness (QED) is 0.538. The zero-order valence-corrected chi connectivity index (χ0v) is 15.6. The lowest BCUT2D eigenvalue weighted by Crippen LogP contribution is -2.24. The van der Waals surface area contributed by atoms with Gasteiger partial charge in [-0.1, -0.05) is 15.9 Å². The molecule has 0 atom stereocenters. The van der Waals surface area contributed by atoms with E-state index < -0.39 is 0 Å². The highest BCUT2D eigenvalue weighted by molar-refractivity contribution is 9.10. The number of nitrogens with zero attached hydrogens (tertiary/aromatic N) is 1. The molecule has 0 saturated carbocycles. The fourth-order valence-corrected chi connectivity index (χ4v) is 2.19. The van der Waals surface area contributed by atoms with Crippen LogP contribution in [0.25, 0.3) is 0 Å². The first kappa shape index (κ1) is 18.8. The highest BCUT2D eigenvalue weighted by Gasteiger charge is 2.05. The second-order valence-corrected chi connectivity index (χ2v) is 5.79. The van der Waals surface area contributed by atoms with Gasteiger partial charge in [-0.3, -0.25) is 4.79 Å². The molecule has 0 aliphatic carbocycles. The minimum absolute atomic E-state index is 0.130. The van der Waals surface area contributed by atoms with Gasteiger partial charge in [0.2, 0.25) is 0 Å². The minimum Gasteiger partial charge on any atom is -0.497 e. The number of benzene rings is 2. The van der Waals surface area contributed by atoms with Crippen LogP contribution < -0.4 is 19.6 Å². The van der Waals surface area contributed by atoms with Crippen LogP contribution in [0, 0.1) is 0 Å². The molecule has 0 aliphatic heterocycles.